The standard InChI is InChI=1S/C14H18N4O.ClH/c1-15-8-3-6-14(19)17-12-5-2-4-11(10-12)13-7-9-16-18-13;/h2,4-5,7,9-10,15H,3,6,8H2,1H3,(H,16,18)(H,17,19);1H. The molecule has 1 aromatic heterocycles. The van der Waals surface area contributed by atoms with Gasteiger partial charge in [-0.2, -0.15) is 5.10 Å². The number of carbonyl (C=O) groups excluding carboxylic acids is 1. The van der Waals surface area contributed by atoms with Crippen LogP contribution < -0.4 is 10.6 Å². The fraction of sp³-hybridized carbons (Fsp3) is 0.286. The Hall–Kier alpha value is -1.85. The minimum absolute atomic E-state index is 0. The van der Waals surface area contributed by atoms with Crippen molar-refractivity contribution in [3.63, 3.8) is 0 Å². The van der Waals surface area contributed by atoms with E-state index in [4.69, 9.17) is 0 Å². The van der Waals surface area contributed by atoms with Crippen molar-refractivity contribution in [2.24, 2.45) is 0 Å². The van der Waals surface area contributed by atoms with Gasteiger partial charge in [0.25, 0.3) is 0 Å². The summed E-state index contributed by atoms with van der Waals surface area (Å²) in [4.78, 5) is 11.7. The Morgan fingerprint density at radius 3 is 2.90 bits per heavy atom. The summed E-state index contributed by atoms with van der Waals surface area (Å²) in [7, 11) is 1.88. The Morgan fingerprint density at radius 1 is 1.35 bits per heavy atom. The molecule has 0 unspecified atom stereocenters. The third kappa shape index (κ3) is 4.68. The van der Waals surface area contributed by atoms with Crippen LogP contribution in [0.15, 0.2) is 36.5 Å². The zero-order chi connectivity index (χ0) is 13.5. The summed E-state index contributed by atoms with van der Waals surface area (Å²) in [5.74, 6) is 0.0389. The van der Waals surface area contributed by atoms with Gasteiger partial charge >= 0.3 is 0 Å². The SMILES string of the molecule is CNCCCC(=O)Nc1cccc(-c2ccn[nH]2)c1.Cl. The zero-order valence-electron chi connectivity index (χ0n) is 11.3. The van der Waals surface area contributed by atoms with Crippen LogP contribution in [0.5, 0.6) is 0 Å². The highest BCUT2D eigenvalue weighted by molar-refractivity contribution is 5.91. The predicted octanol–water partition coefficient (Wildman–Crippen LogP) is 2.44. The normalized spacial score (nSPS) is 9.85. The Balaban J connectivity index is 0.00000200. The highest BCUT2D eigenvalue weighted by atomic mass is 35.5. The van der Waals surface area contributed by atoms with Crippen LogP contribution >= 0.6 is 12.4 Å². The lowest BCUT2D eigenvalue weighted by Crippen LogP contribution is -2.15. The van der Waals surface area contributed by atoms with Crippen LogP contribution in [0.2, 0.25) is 0 Å². The number of hydrogen-bond donors (Lipinski definition) is 3. The molecule has 0 aliphatic carbocycles. The molecule has 1 amide bonds. The third-order valence-corrected chi connectivity index (χ3v) is 2.79. The summed E-state index contributed by atoms with van der Waals surface area (Å²) in [5.41, 5.74) is 2.75. The molecule has 0 fully saturated rings. The van der Waals surface area contributed by atoms with Gasteiger partial charge in [0.2, 0.25) is 5.91 Å². The first-order chi connectivity index (χ1) is 9.29. The van der Waals surface area contributed by atoms with Crippen LogP contribution in [0.3, 0.4) is 0 Å². The topological polar surface area (TPSA) is 69.8 Å². The minimum Gasteiger partial charge on any atom is -0.326 e. The summed E-state index contributed by atoms with van der Waals surface area (Å²) >= 11 is 0. The Bertz CT molecular complexity index is 528. The van der Waals surface area contributed by atoms with Gasteiger partial charge in [-0.1, -0.05) is 12.1 Å². The molecule has 3 N–H and O–H groups in total. The minimum atomic E-state index is 0. The first-order valence-electron chi connectivity index (χ1n) is 6.34. The molecular formula is C14H19ClN4O. The number of anilines is 1. The molecule has 1 heterocycles. The van der Waals surface area contributed by atoms with Crippen LogP contribution in [0, 0.1) is 0 Å². The molecule has 0 radical (unpaired) electrons. The van der Waals surface area contributed by atoms with Crippen molar-refractivity contribution in [1.29, 1.82) is 0 Å². The van der Waals surface area contributed by atoms with Gasteiger partial charge in [0, 0.05) is 23.9 Å². The van der Waals surface area contributed by atoms with Crippen LogP contribution in [0.1, 0.15) is 12.8 Å². The molecule has 6 heteroatoms. The number of hydrogen-bond acceptors (Lipinski definition) is 3. The van der Waals surface area contributed by atoms with Gasteiger partial charge < -0.3 is 10.6 Å². The lowest BCUT2D eigenvalue weighted by atomic mass is 10.1. The molecule has 108 valence electrons. The van der Waals surface area contributed by atoms with Gasteiger partial charge in [-0.3, -0.25) is 9.89 Å². The van der Waals surface area contributed by atoms with E-state index in [9.17, 15) is 4.79 Å². The first kappa shape index (κ1) is 16.2. The predicted molar refractivity (Wildman–Crippen MR) is 83.1 cm³/mol. The Kier molecular flexibility index (Phi) is 6.76. The van der Waals surface area contributed by atoms with E-state index in [-0.39, 0.29) is 18.3 Å². The maximum atomic E-state index is 11.7. The number of nitrogens with one attached hydrogen (secondary N) is 3. The summed E-state index contributed by atoms with van der Waals surface area (Å²) in [6.07, 6.45) is 3.07. The molecule has 2 rings (SSSR count). The van der Waals surface area contributed by atoms with Crippen LogP contribution in [-0.2, 0) is 4.79 Å². The van der Waals surface area contributed by atoms with E-state index in [1.807, 2.05) is 37.4 Å². The number of carbonyl (C=O) groups is 1. The van der Waals surface area contributed by atoms with E-state index < -0.39 is 0 Å². The quantitative estimate of drug-likeness (QED) is 0.717. The third-order valence-electron chi connectivity index (χ3n) is 2.79. The molecular weight excluding hydrogens is 276 g/mol. The summed E-state index contributed by atoms with van der Waals surface area (Å²) in [5, 5.41) is 12.8. The van der Waals surface area contributed by atoms with E-state index in [0.29, 0.717) is 6.42 Å². The molecule has 2 aromatic rings. The van der Waals surface area contributed by atoms with Crippen molar-refractivity contribution >= 4 is 24.0 Å². The van der Waals surface area contributed by atoms with E-state index >= 15 is 0 Å². The number of benzene rings is 1. The zero-order valence-corrected chi connectivity index (χ0v) is 12.2. The largest absolute Gasteiger partial charge is 0.326 e. The van der Waals surface area contributed by atoms with Crippen molar-refractivity contribution in [2.45, 2.75) is 12.8 Å². The van der Waals surface area contributed by atoms with Gasteiger partial charge in [-0.25, -0.2) is 0 Å². The molecule has 0 bridgehead atoms. The van der Waals surface area contributed by atoms with E-state index in [0.717, 1.165) is 29.9 Å². The second-order valence-corrected chi connectivity index (χ2v) is 4.31. The van der Waals surface area contributed by atoms with E-state index in [1.54, 1.807) is 6.20 Å². The van der Waals surface area contributed by atoms with Crippen LogP contribution in [0.4, 0.5) is 5.69 Å². The maximum absolute atomic E-state index is 11.7. The van der Waals surface area contributed by atoms with Crippen molar-refractivity contribution < 1.29 is 4.79 Å². The van der Waals surface area contributed by atoms with Gasteiger partial charge in [-0.05, 0) is 38.2 Å². The Morgan fingerprint density at radius 2 is 2.20 bits per heavy atom. The smallest absolute Gasteiger partial charge is 0.224 e. The molecule has 0 aliphatic rings. The lowest BCUT2D eigenvalue weighted by Gasteiger charge is -2.06. The number of nitrogens with zero attached hydrogens (tertiary/aromatic N) is 1. The van der Waals surface area contributed by atoms with Crippen molar-refractivity contribution in [3.05, 3.63) is 36.5 Å². The second kappa shape index (κ2) is 8.35. The van der Waals surface area contributed by atoms with Crippen LogP contribution in [0.25, 0.3) is 11.3 Å². The summed E-state index contributed by atoms with van der Waals surface area (Å²) in [6, 6.07) is 9.61. The Labute approximate surface area is 124 Å². The molecule has 0 atom stereocenters. The van der Waals surface area contributed by atoms with Crippen LogP contribution in [-0.4, -0.2) is 29.7 Å². The number of aromatic nitrogens is 2. The first-order valence-corrected chi connectivity index (χ1v) is 6.34. The monoisotopic (exact) mass is 294 g/mol. The highest BCUT2D eigenvalue weighted by Crippen LogP contribution is 2.20. The fourth-order valence-electron chi connectivity index (χ4n) is 1.83. The number of H-pyrrole nitrogens is 1. The molecule has 1 aromatic carbocycles. The van der Waals surface area contributed by atoms with Crippen molar-refractivity contribution in [2.75, 3.05) is 18.9 Å². The van der Waals surface area contributed by atoms with Gasteiger partial charge in [0.15, 0.2) is 0 Å². The maximum Gasteiger partial charge on any atom is 0.224 e. The lowest BCUT2D eigenvalue weighted by molar-refractivity contribution is -0.116. The number of rotatable bonds is 6. The summed E-state index contributed by atoms with van der Waals surface area (Å²) in [6.45, 7) is 0.849. The molecule has 5 nitrogen and oxygen atoms in total. The van der Waals surface area contributed by atoms with E-state index in [1.165, 1.54) is 0 Å². The fourth-order valence-corrected chi connectivity index (χ4v) is 1.83. The number of amides is 1. The second-order valence-electron chi connectivity index (χ2n) is 4.31. The van der Waals surface area contributed by atoms with Crippen molar-refractivity contribution in [3.8, 4) is 11.3 Å². The highest BCUT2D eigenvalue weighted by Gasteiger charge is 2.04. The van der Waals surface area contributed by atoms with Gasteiger partial charge in [0.1, 0.15) is 0 Å². The van der Waals surface area contributed by atoms with E-state index in [2.05, 4.69) is 20.8 Å². The van der Waals surface area contributed by atoms with Crippen molar-refractivity contribution in [1.82, 2.24) is 15.5 Å². The molecule has 0 spiro atoms. The average Bonchev–Trinajstić information content (AvgIpc) is 2.93. The number of aromatic amines is 1. The van der Waals surface area contributed by atoms with Gasteiger partial charge in [-0.15, -0.1) is 12.4 Å². The van der Waals surface area contributed by atoms with Gasteiger partial charge in [0.05, 0.1) is 5.69 Å². The molecule has 20 heavy (non-hydrogen) atoms. The molecule has 0 aliphatic heterocycles. The molecule has 0 saturated heterocycles. The average molecular weight is 295 g/mol. The number of halogens is 1. The molecule has 0 saturated carbocycles. The summed E-state index contributed by atoms with van der Waals surface area (Å²) < 4.78 is 0.